The number of ether oxygens (including phenoxy) is 1. The summed E-state index contributed by atoms with van der Waals surface area (Å²) in [5.74, 6) is 0.832. The highest BCUT2D eigenvalue weighted by molar-refractivity contribution is 5.59. The summed E-state index contributed by atoms with van der Waals surface area (Å²) in [5.41, 5.74) is 7.69. The number of nitrogens with two attached hydrogens (primary N) is 1. The van der Waals surface area contributed by atoms with Gasteiger partial charge >= 0.3 is 0 Å². The van der Waals surface area contributed by atoms with Crippen LogP contribution in [-0.4, -0.2) is 12.1 Å². The Hall–Kier alpha value is -1.38. The number of nitrogens with one attached hydrogen (secondary N) is 1. The van der Waals surface area contributed by atoms with Gasteiger partial charge in [0, 0.05) is 29.5 Å². The standard InChI is InChI=1S/C16H28N2O/c1-5-6-7-8-13(4)18-15-9-14(17)10-16(11-15)19-12(2)3/h9-13,18H,5-8,17H2,1-4H3. The fourth-order valence-electron chi connectivity index (χ4n) is 2.10. The van der Waals surface area contributed by atoms with Crippen LogP contribution in [0.2, 0.25) is 0 Å². The predicted octanol–water partition coefficient (Wildman–Crippen LogP) is 4.44. The number of rotatable bonds is 8. The van der Waals surface area contributed by atoms with Gasteiger partial charge in [0.25, 0.3) is 0 Å². The van der Waals surface area contributed by atoms with Gasteiger partial charge in [-0.25, -0.2) is 0 Å². The molecule has 0 aliphatic rings. The molecule has 3 N–H and O–H groups in total. The molecule has 1 unspecified atom stereocenters. The number of hydrogen-bond acceptors (Lipinski definition) is 3. The second-order valence-corrected chi connectivity index (χ2v) is 5.50. The molecule has 3 nitrogen and oxygen atoms in total. The normalized spacial score (nSPS) is 12.5. The van der Waals surface area contributed by atoms with Crippen molar-refractivity contribution in [2.24, 2.45) is 0 Å². The molecule has 3 heteroatoms. The number of nitrogen functional groups attached to an aromatic ring is 1. The summed E-state index contributed by atoms with van der Waals surface area (Å²) in [6.45, 7) is 8.47. The average Bonchev–Trinajstić information content (AvgIpc) is 2.27. The summed E-state index contributed by atoms with van der Waals surface area (Å²) in [6, 6.07) is 6.31. The Morgan fingerprint density at radius 3 is 2.53 bits per heavy atom. The van der Waals surface area contributed by atoms with Crippen LogP contribution in [0.3, 0.4) is 0 Å². The van der Waals surface area contributed by atoms with Gasteiger partial charge in [-0.15, -0.1) is 0 Å². The van der Waals surface area contributed by atoms with Crippen molar-refractivity contribution in [1.29, 1.82) is 0 Å². The lowest BCUT2D eigenvalue weighted by atomic mass is 10.1. The highest BCUT2D eigenvalue weighted by atomic mass is 16.5. The Morgan fingerprint density at radius 2 is 1.89 bits per heavy atom. The first-order valence-corrected chi connectivity index (χ1v) is 7.35. The lowest BCUT2D eigenvalue weighted by molar-refractivity contribution is 0.242. The third-order valence-electron chi connectivity index (χ3n) is 2.95. The molecular weight excluding hydrogens is 236 g/mol. The number of unbranched alkanes of at least 4 members (excludes halogenated alkanes) is 2. The van der Waals surface area contributed by atoms with Gasteiger partial charge in [-0.05, 0) is 33.3 Å². The Balaban J connectivity index is 2.59. The Kier molecular flexibility index (Phi) is 6.54. The van der Waals surface area contributed by atoms with E-state index >= 15 is 0 Å². The molecule has 0 amide bonds. The van der Waals surface area contributed by atoms with Crippen LogP contribution in [0, 0.1) is 0 Å². The maximum Gasteiger partial charge on any atom is 0.123 e. The van der Waals surface area contributed by atoms with Gasteiger partial charge in [0.05, 0.1) is 6.10 Å². The minimum absolute atomic E-state index is 0.164. The highest BCUT2D eigenvalue weighted by Crippen LogP contribution is 2.24. The van der Waals surface area contributed by atoms with Gasteiger partial charge in [0.2, 0.25) is 0 Å². The van der Waals surface area contributed by atoms with Gasteiger partial charge in [-0.2, -0.15) is 0 Å². The quantitative estimate of drug-likeness (QED) is 0.539. The van der Waals surface area contributed by atoms with Gasteiger partial charge in [-0.3, -0.25) is 0 Å². The first-order valence-electron chi connectivity index (χ1n) is 7.35. The minimum Gasteiger partial charge on any atom is -0.491 e. The molecule has 0 saturated heterocycles. The maximum absolute atomic E-state index is 5.91. The molecule has 0 spiro atoms. The van der Waals surface area contributed by atoms with E-state index in [1.165, 1.54) is 25.7 Å². The van der Waals surface area contributed by atoms with Crippen LogP contribution in [0.5, 0.6) is 5.75 Å². The Labute approximate surface area is 117 Å². The van der Waals surface area contributed by atoms with Gasteiger partial charge in [0.1, 0.15) is 5.75 Å². The molecule has 1 aromatic rings. The molecule has 1 aromatic carbocycles. The molecule has 0 bridgehead atoms. The fraction of sp³-hybridized carbons (Fsp3) is 0.625. The number of hydrogen-bond donors (Lipinski definition) is 2. The van der Waals surface area contributed by atoms with E-state index in [4.69, 9.17) is 10.5 Å². The summed E-state index contributed by atoms with van der Waals surface area (Å²) in [5, 5.41) is 3.50. The second kappa shape index (κ2) is 7.93. The fourth-order valence-corrected chi connectivity index (χ4v) is 2.10. The first kappa shape index (κ1) is 15.7. The van der Waals surface area contributed by atoms with Crippen molar-refractivity contribution >= 4 is 11.4 Å². The van der Waals surface area contributed by atoms with E-state index in [1.807, 2.05) is 32.0 Å². The number of benzene rings is 1. The topological polar surface area (TPSA) is 47.3 Å². The lowest BCUT2D eigenvalue weighted by Gasteiger charge is -2.17. The molecule has 0 saturated carbocycles. The van der Waals surface area contributed by atoms with E-state index in [1.54, 1.807) is 0 Å². The van der Waals surface area contributed by atoms with E-state index in [0.29, 0.717) is 6.04 Å². The van der Waals surface area contributed by atoms with Crippen LogP contribution in [0.25, 0.3) is 0 Å². The van der Waals surface area contributed by atoms with Crippen molar-refractivity contribution in [3.63, 3.8) is 0 Å². The zero-order valence-electron chi connectivity index (χ0n) is 12.7. The predicted molar refractivity (Wildman–Crippen MR) is 83.8 cm³/mol. The molecule has 0 heterocycles. The minimum atomic E-state index is 0.164. The van der Waals surface area contributed by atoms with E-state index in [0.717, 1.165) is 17.1 Å². The second-order valence-electron chi connectivity index (χ2n) is 5.50. The van der Waals surface area contributed by atoms with Crippen molar-refractivity contribution in [3.8, 4) is 5.75 Å². The molecule has 19 heavy (non-hydrogen) atoms. The highest BCUT2D eigenvalue weighted by Gasteiger charge is 2.05. The smallest absolute Gasteiger partial charge is 0.123 e. The SMILES string of the molecule is CCCCCC(C)Nc1cc(N)cc(OC(C)C)c1. The molecule has 0 aromatic heterocycles. The van der Waals surface area contributed by atoms with Crippen LogP contribution in [0.1, 0.15) is 53.4 Å². The van der Waals surface area contributed by atoms with Crippen molar-refractivity contribution in [2.75, 3.05) is 11.1 Å². The van der Waals surface area contributed by atoms with Crippen molar-refractivity contribution < 1.29 is 4.74 Å². The molecule has 108 valence electrons. The monoisotopic (exact) mass is 264 g/mol. The zero-order chi connectivity index (χ0) is 14.3. The van der Waals surface area contributed by atoms with Crippen molar-refractivity contribution in [3.05, 3.63) is 18.2 Å². The van der Waals surface area contributed by atoms with E-state index in [9.17, 15) is 0 Å². The maximum atomic E-state index is 5.91. The molecule has 0 aliphatic carbocycles. The average molecular weight is 264 g/mol. The largest absolute Gasteiger partial charge is 0.491 e. The van der Waals surface area contributed by atoms with Crippen LogP contribution in [0.4, 0.5) is 11.4 Å². The molecule has 0 radical (unpaired) electrons. The van der Waals surface area contributed by atoms with Gasteiger partial charge in [-0.1, -0.05) is 26.2 Å². The Morgan fingerprint density at radius 1 is 1.16 bits per heavy atom. The summed E-state index contributed by atoms with van der Waals surface area (Å²) in [4.78, 5) is 0. The molecule has 1 rings (SSSR count). The van der Waals surface area contributed by atoms with Crippen molar-refractivity contribution in [2.45, 2.75) is 65.5 Å². The van der Waals surface area contributed by atoms with Crippen LogP contribution >= 0.6 is 0 Å². The van der Waals surface area contributed by atoms with E-state index < -0.39 is 0 Å². The molecular formula is C16H28N2O. The van der Waals surface area contributed by atoms with E-state index in [-0.39, 0.29) is 6.10 Å². The van der Waals surface area contributed by atoms with Crippen molar-refractivity contribution in [1.82, 2.24) is 0 Å². The third-order valence-corrected chi connectivity index (χ3v) is 2.95. The Bertz CT molecular complexity index is 377. The van der Waals surface area contributed by atoms with Crippen LogP contribution in [0.15, 0.2) is 18.2 Å². The van der Waals surface area contributed by atoms with Crippen LogP contribution < -0.4 is 15.8 Å². The third kappa shape index (κ3) is 6.37. The summed E-state index contributed by atoms with van der Waals surface area (Å²) in [6.07, 6.45) is 5.17. The van der Waals surface area contributed by atoms with Gasteiger partial charge < -0.3 is 15.8 Å². The summed E-state index contributed by atoms with van der Waals surface area (Å²) < 4.78 is 5.70. The molecule has 0 fully saturated rings. The first-order chi connectivity index (χ1) is 9.01. The van der Waals surface area contributed by atoms with E-state index in [2.05, 4.69) is 19.2 Å². The van der Waals surface area contributed by atoms with Crippen LogP contribution in [-0.2, 0) is 0 Å². The lowest BCUT2D eigenvalue weighted by Crippen LogP contribution is -2.15. The molecule has 1 atom stereocenters. The summed E-state index contributed by atoms with van der Waals surface area (Å²) in [7, 11) is 0. The van der Waals surface area contributed by atoms with Gasteiger partial charge in [0.15, 0.2) is 0 Å². The summed E-state index contributed by atoms with van der Waals surface area (Å²) >= 11 is 0. The zero-order valence-corrected chi connectivity index (χ0v) is 12.7. The number of anilines is 2. The molecule has 0 aliphatic heterocycles.